The number of likely N-dealkylation sites (tertiary alicyclic amines) is 1. The zero-order valence-electron chi connectivity index (χ0n) is 13.8. The summed E-state index contributed by atoms with van der Waals surface area (Å²) in [5.74, 6) is 0.535. The molecule has 0 saturated carbocycles. The molecule has 0 bridgehead atoms. The van der Waals surface area contributed by atoms with Gasteiger partial charge < -0.3 is 25.4 Å². The highest BCUT2D eigenvalue weighted by molar-refractivity contribution is 5.78. The molecule has 2 atom stereocenters. The maximum Gasteiger partial charge on any atom is 0.407 e. The van der Waals surface area contributed by atoms with Crippen LogP contribution in [0.5, 0.6) is 0 Å². The van der Waals surface area contributed by atoms with E-state index in [0.717, 1.165) is 11.1 Å². The van der Waals surface area contributed by atoms with E-state index in [9.17, 15) is 15.0 Å². The molecular formula is C17H18N6O3. The second kappa shape index (κ2) is 6.60. The Labute approximate surface area is 148 Å². The van der Waals surface area contributed by atoms with E-state index in [1.54, 1.807) is 24.7 Å². The smallest absolute Gasteiger partial charge is 0.407 e. The summed E-state index contributed by atoms with van der Waals surface area (Å²) in [4.78, 5) is 28.8. The number of piperidine rings is 1. The number of H-pyrrole nitrogens is 1. The van der Waals surface area contributed by atoms with E-state index in [0.29, 0.717) is 30.1 Å². The number of hydrogen-bond donors (Lipinski definition) is 4. The molecule has 1 fully saturated rings. The van der Waals surface area contributed by atoms with Crippen LogP contribution in [0.25, 0.3) is 22.4 Å². The molecular weight excluding hydrogens is 336 g/mol. The molecule has 1 amide bonds. The quantitative estimate of drug-likeness (QED) is 0.562. The number of pyridine rings is 1. The third-order valence-corrected chi connectivity index (χ3v) is 4.51. The minimum Gasteiger partial charge on any atom is -0.465 e. The van der Waals surface area contributed by atoms with Gasteiger partial charge in [-0.25, -0.2) is 19.7 Å². The van der Waals surface area contributed by atoms with Gasteiger partial charge in [0, 0.05) is 31.0 Å². The Hall–Kier alpha value is -3.20. The lowest BCUT2D eigenvalue weighted by Crippen LogP contribution is -2.52. The molecule has 9 nitrogen and oxygen atoms in total. The summed E-state index contributed by atoms with van der Waals surface area (Å²) in [5, 5.41) is 22.6. The van der Waals surface area contributed by atoms with Crippen molar-refractivity contribution >= 4 is 23.1 Å². The van der Waals surface area contributed by atoms with Gasteiger partial charge in [-0.1, -0.05) is 0 Å². The molecule has 4 N–H and O–H groups in total. The van der Waals surface area contributed by atoms with E-state index >= 15 is 0 Å². The summed E-state index contributed by atoms with van der Waals surface area (Å²) < 4.78 is 0. The molecule has 1 aliphatic rings. The molecule has 26 heavy (non-hydrogen) atoms. The van der Waals surface area contributed by atoms with Gasteiger partial charge in [0.2, 0.25) is 0 Å². The van der Waals surface area contributed by atoms with Crippen molar-refractivity contribution in [2.24, 2.45) is 0 Å². The number of nitrogens with one attached hydrogen (secondary N) is 2. The normalized spacial score (nSPS) is 20.3. The molecule has 134 valence electrons. The standard InChI is InChI=1S/C17H18N6O3/c24-14-4-7-23(17(25)26)9-13(14)22-15-10(2-1-5-18-15)12-8-20-16-11(21-12)3-6-19-16/h1-3,5-6,8,13-14,24H,4,7,9H2,(H,18,22)(H,19,20)(H,25,26). The van der Waals surface area contributed by atoms with Crippen LogP contribution in [0, 0.1) is 0 Å². The fourth-order valence-corrected chi connectivity index (χ4v) is 3.12. The SMILES string of the molecule is O=C(O)N1CCC(O)C(Nc2ncccc2-c2cnc3[nH]ccc3n2)C1. The van der Waals surface area contributed by atoms with E-state index in [-0.39, 0.29) is 6.54 Å². The number of anilines is 1. The van der Waals surface area contributed by atoms with Gasteiger partial charge in [-0.15, -0.1) is 0 Å². The Morgan fingerprint density at radius 2 is 2.23 bits per heavy atom. The summed E-state index contributed by atoms with van der Waals surface area (Å²) >= 11 is 0. The Morgan fingerprint density at radius 1 is 1.35 bits per heavy atom. The minimum absolute atomic E-state index is 0.190. The number of carboxylic acid groups (broad SMARTS) is 1. The summed E-state index contributed by atoms with van der Waals surface area (Å²) in [7, 11) is 0. The van der Waals surface area contributed by atoms with Gasteiger partial charge in [0.1, 0.15) is 11.3 Å². The summed E-state index contributed by atoms with van der Waals surface area (Å²) in [6, 6.07) is 5.05. The Kier molecular flexibility index (Phi) is 4.13. The van der Waals surface area contributed by atoms with Crippen LogP contribution in [-0.2, 0) is 0 Å². The van der Waals surface area contributed by atoms with Crippen molar-refractivity contribution in [3.05, 3.63) is 36.8 Å². The molecule has 3 aromatic rings. The van der Waals surface area contributed by atoms with Crippen molar-refractivity contribution in [1.29, 1.82) is 0 Å². The highest BCUT2D eigenvalue weighted by atomic mass is 16.4. The monoisotopic (exact) mass is 354 g/mol. The van der Waals surface area contributed by atoms with Gasteiger partial charge in [-0.3, -0.25) is 0 Å². The topological polar surface area (TPSA) is 127 Å². The first-order chi connectivity index (χ1) is 12.6. The Bertz CT molecular complexity index is 943. The second-order valence-electron chi connectivity index (χ2n) is 6.20. The Morgan fingerprint density at radius 3 is 3.08 bits per heavy atom. The molecule has 0 aromatic carbocycles. The van der Waals surface area contributed by atoms with Crippen LogP contribution in [0.15, 0.2) is 36.8 Å². The molecule has 9 heteroatoms. The molecule has 0 spiro atoms. The second-order valence-corrected chi connectivity index (χ2v) is 6.20. The minimum atomic E-state index is -0.992. The molecule has 0 radical (unpaired) electrons. The van der Waals surface area contributed by atoms with Crippen molar-refractivity contribution in [3.8, 4) is 11.3 Å². The Balaban J connectivity index is 1.64. The summed E-state index contributed by atoms with van der Waals surface area (Å²) in [6.07, 6.45) is 3.80. The van der Waals surface area contributed by atoms with Crippen LogP contribution in [0.2, 0.25) is 0 Å². The molecule has 0 aliphatic carbocycles. The van der Waals surface area contributed by atoms with Crippen LogP contribution in [0.4, 0.5) is 10.6 Å². The molecule has 1 aliphatic heterocycles. The molecule has 1 saturated heterocycles. The van der Waals surface area contributed by atoms with Crippen LogP contribution in [0.3, 0.4) is 0 Å². The van der Waals surface area contributed by atoms with Gasteiger partial charge in [0.05, 0.1) is 24.0 Å². The van der Waals surface area contributed by atoms with E-state index in [4.69, 9.17) is 0 Å². The van der Waals surface area contributed by atoms with Crippen LogP contribution < -0.4 is 5.32 Å². The molecule has 4 rings (SSSR count). The van der Waals surface area contributed by atoms with Gasteiger partial charge in [0.15, 0.2) is 5.65 Å². The van der Waals surface area contributed by atoms with E-state index in [2.05, 4.69) is 25.3 Å². The van der Waals surface area contributed by atoms with Gasteiger partial charge in [0.25, 0.3) is 0 Å². The van der Waals surface area contributed by atoms with Crippen molar-refractivity contribution in [3.63, 3.8) is 0 Å². The zero-order chi connectivity index (χ0) is 18.1. The predicted molar refractivity (Wildman–Crippen MR) is 94.8 cm³/mol. The largest absolute Gasteiger partial charge is 0.465 e. The van der Waals surface area contributed by atoms with E-state index in [1.807, 2.05) is 12.1 Å². The number of carbonyl (C=O) groups is 1. The lowest BCUT2D eigenvalue weighted by Gasteiger charge is -2.35. The number of hydrogen-bond acceptors (Lipinski definition) is 6. The first kappa shape index (κ1) is 16.3. The number of aromatic nitrogens is 4. The third kappa shape index (κ3) is 3.04. The van der Waals surface area contributed by atoms with Gasteiger partial charge in [-0.05, 0) is 24.6 Å². The summed E-state index contributed by atoms with van der Waals surface area (Å²) in [5.41, 5.74) is 2.83. The van der Waals surface area contributed by atoms with Crippen molar-refractivity contribution < 1.29 is 15.0 Å². The van der Waals surface area contributed by atoms with Gasteiger partial charge in [-0.2, -0.15) is 0 Å². The zero-order valence-corrected chi connectivity index (χ0v) is 13.8. The maximum atomic E-state index is 11.2. The third-order valence-electron chi connectivity index (χ3n) is 4.51. The fourth-order valence-electron chi connectivity index (χ4n) is 3.12. The maximum absolute atomic E-state index is 11.2. The van der Waals surface area contributed by atoms with Gasteiger partial charge >= 0.3 is 6.09 Å². The number of aromatic amines is 1. The lowest BCUT2D eigenvalue weighted by molar-refractivity contribution is 0.0666. The number of aliphatic hydroxyl groups is 1. The number of nitrogens with zero attached hydrogens (tertiary/aromatic N) is 4. The first-order valence-corrected chi connectivity index (χ1v) is 8.30. The average Bonchev–Trinajstić information content (AvgIpc) is 3.11. The highest BCUT2D eigenvalue weighted by Crippen LogP contribution is 2.27. The van der Waals surface area contributed by atoms with E-state index < -0.39 is 18.2 Å². The van der Waals surface area contributed by atoms with Crippen molar-refractivity contribution in [2.75, 3.05) is 18.4 Å². The highest BCUT2D eigenvalue weighted by Gasteiger charge is 2.30. The van der Waals surface area contributed by atoms with Crippen molar-refractivity contribution in [2.45, 2.75) is 18.6 Å². The molecule has 4 heterocycles. The van der Waals surface area contributed by atoms with Crippen molar-refractivity contribution in [1.82, 2.24) is 24.8 Å². The molecule has 2 unspecified atom stereocenters. The number of amides is 1. The molecule has 3 aromatic heterocycles. The lowest BCUT2D eigenvalue weighted by atomic mass is 10.0. The number of fused-ring (bicyclic) bond motifs is 1. The van der Waals surface area contributed by atoms with E-state index in [1.165, 1.54) is 4.90 Å². The van der Waals surface area contributed by atoms with Crippen LogP contribution in [0.1, 0.15) is 6.42 Å². The summed E-state index contributed by atoms with van der Waals surface area (Å²) in [6.45, 7) is 0.508. The van der Waals surface area contributed by atoms with Crippen LogP contribution in [-0.4, -0.2) is 66.4 Å². The predicted octanol–water partition coefficient (Wildman–Crippen LogP) is 1.54. The fraction of sp³-hybridized carbons (Fsp3) is 0.294. The first-order valence-electron chi connectivity index (χ1n) is 8.30. The number of aliphatic hydroxyl groups excluding tert-OH is 1. The average molecular weight is 354 g/mol. The van der Waals surface area contributed by atoms with Crippen LogP contribution >= 0.6 is 0 Å². The number of rotatable bonds is 3.